The highest BCUT2D eigenvalue weighted by Crippen LogP contribution is 2.20. The van der Waals surface area contributed by atoms with Gasteiger partial charge in [-0.25, -0.2) is 0 Å². The average Bonchev–Trinajstić information content (AvgIpc) is 3.56. The molecule has 0 radical (unpaired) electrons. The van der Waals surface area contributed by atoms with Crippen LogP contribution in [0, 0.1) is 0 Å². The van der Waals surface area contributed by atoms with Gasteiger partial charge in [-0.3, -0.25) is 9.59 Å². The number of hydrogen-bond donors (Lipinski definition) is 3. The fourth-order valence-electron chi connectivity index (χ4n) is 13.2. The Morgan fingerprint density at radius 1 is 0.303 bits per heavy atom. The van der Waals surface area contributed by atoms with E-state index in [1.807, 2.05) is 6.08 Å². The molecule has 0 heterocycles. The van der Waals surface area contributed by atoms with E-state index in [2.05, 4.69) is 31.3 Å². The van der Waals surface area contributed by atoms with Gasteiger partial charge in [-0.15, -0.1) is 0 Å². The van der Waals surface area contributed by atoms with Crippen molar-refractivity contribution in [3.05, 3.63) is 24.3 Å². The van der Waals surface area contributed by atoms with E-state index in [1.165, 1.54) is 405 Å². The van der Waals surface area contributed by atoms with Gasteiger partial charge in [0.15, 0.2) is 0 Å². The zero-order valence-corrected chi connectivity index (χ0v) is 60.7. The molecule has 0 aromatic heterocycles. The van der Waals surface area contributed by atoms with Crippen molar-refractivity contribution in [2.24, 2.45) is 0 Å². The summed E-state index contributed by atoms with van der Waals surface area (Å²) in [7, 11) is 0. The third kappa shape index (κ3) is 75.3. The molecule has 3 N–H and O–H groups in total. The normalized spacial score (nSPS) is 12.5. The van der Waals surface area contributed by atoms with Gasteiger partial charge in [-0.1, -0.05) is 423 Å². The van der Waals surface area contributed by atoms with Crippen molar-refractivity contribution in [2.75, 3.05) is 13.2 Å². The number of nitrogens with one attached hydrogen (secondary N) is 1. The van der Waals surface area contributed by atoms with Crippen molar-refractivity contribution in [1.82, 2.24) is 5.32 Å². The molecule has 0 aromatic rings. The molecule has 0 saturated heterocycles. The van der Waals surface area contributed by atoms with Crippen molar-refractivity contribution < 1.29 is 24.5 Å². The minimum absolute atomic E-state index is 0.0273. The van der Waals surface area contributed by atoms with E-state index in [-0.39, 0.29) is 18.5 Å². The summed E-state index contributed by atoms with van der Waals surface area (Å²) in [4.78, 5) is 24.6. The van der Waals surface area contributed by atoms with Crippen molar-refractivity contribution >= 4 is 11.9 Å². The number of hydrogen-bond acceptors (Lipinski definition) is 5. The van der Waals surface area contributed by atoms with Crippen molar-refractivity contribution in [2.45, 2.75) is 482 Å². The largest absolute Gasteiger partial charge is 0.466 e. The van der Waals surface area contributed by atoms with Gasteiger partial charge in [-0.05, 0) is 57.8 Å². The highest BCUT2D eigenvalue weighted by Gasteiger charge is 2.18. The van der Waals surface area contributed by atoms with Gasteiger partial charge in [-0.2, -0.15) is 0 Å². The zero-order valence-electron chi connectivity index (χ0n) is 60.7. The molecule has 0 aliphatic rings. The summed E-state index contributed by atoms with van der Waals surface area (Å²) < 4.78 is 5.52. The van der Waals surface area contributed by atoms with E-state index in [0.717, 1.165) is 38.5 Å². The molecule has 0 aliphatic heterocycles. The summed E-state index contributed by atoms with van der Waals surface area (Å²) in [6, 6.07) is -0.624. The SMILES string of the molecule is CCCCCCCCCCCCCCCC/C=C/C(O)C(CO)NC(=O)CCCCCCCCCCCCCCCCCCC/C=C\CCCCCCCCCCCCCCCCCCCCOC(=O)CCCCCCCCCCCCCCCCCCC. The van der Waals surface area contributed by atoms with Gasteiger partial charge in [0.1, 0.15) is 0 Å². The maximum absolute atomic E-state index is 12.5. The predicted octanol–water partition coefficient (Wildman–Crippen LogP) is 27.2. The van der Waals surface area contributed by atoms with E-state index >= 15 is 0 Å². The number of rotatable bonds is 78. The summed E-state index contributed by atoms with van der Waals surface area (Å²) in [5.41, 5.74) is 0. The van der Waals surface area contributed by atoms with E-state index in [1.54, 1.807) is 6.08 Å². The molecule has 6 heteroatoms. The molecular weight excluding hydrogens is 1090 g/mol. The first-order valence-electron chi connectivity index (χ1n) is 41.1. The Morgan fingerprint density at radius 3 is 0.798 bits per heavy atom. The molecule has 0 saturated carbocycles. The monoisotopic (exact) mass is 1250 g/mol. The fourth-order valence-corrected chi connectivity index (χ4v) is 13.2. The number of aliphatic hydroxyl groups is 2. The predicted molar refractivity (Wildman–Crippen MR) is 393 cm³/mol. The smallest absolute Gasteiger partial charge is 0.305 e. The summed E-state index contributed by atoms with van der Waals surface area (Å²) in [6.45, 7) is 4.96. The Hall–Kier alpha value is -1.66. The fraction of sp³-hybridized carbons (Fsp3) is 0.928. The highest BCUT2D eigenvalue weighted by molar-refractivity contribution is 5.76. The lowest BCUT2D eigenvalue weighted by Crippen LogP contribution is -2.45. The number of ether oxygens (including phenoxy) is 1. The molecule has 1 amide bonds. The van der Waals surface area contributed by atoms with Crippen LogP contribution in [0.4, 0.5) is 0 Å². The molecule has 0 aliphatic carbocycles. The molecule has 0 spiro atoms. The summed E-state index contributed by atoms with van der Waals surface area (Å²) in [5.74, 6) is -0.0328. The number of aliphatic hydroxyl groups excluding tert-OH is 2. The maximum atomic E-state index is 12.5. The Balaban J connectivity index is 3.32. The van der Waals surface area contributed by atoms with Crippen LogP contribution in [0.3, 0.4) is 0 Å². The summed E-state index contributed by atoms with van der Waals surface area (Å²) in [6.07, 6.45) is 102. The number of allylic oxidation sites excluding steroid dienone is 3. The Kier molecular flexibility index (Phi) is 77.3. The molecule has 0 fully saturated rings. The molecule has 2 unspecified atom stereocenters. The number of esters is 1. The second-order valence-corrected chi connectivity index (χ2v) is 28.5. The minimum Gasteiger partial charge on any atom is -0.466 e. The van der Waals surface area contributed by atoms with Crippen LogP contribution in [0.15, 0.2) is 24.3 Å². The standard InChI is InChI=1S/C83H161NO5/c1-3-5-7-9-11-13-15-17-19-44-49-53-57-61-65-69-73-77-83(88)89-78-74-70-66-62-58-54-50-46-43-41-39-37-35-33-31-29-27-25-23-21-22-24-26-28-30-32-34-36-38-40-42-45-48-52-56-60-64-68-72-76-82(87)84-80(79-85)81(86)75-71-67-63-59-55-51-47-20-18-16-14-12-10-8-6-4-2/h21-22,71,75,80-81,85-86H,3-20,23-70,72-74,76-79H2,1-2H3,(H,84,87)/b22-21-,75-71+. The molecule has 0 rings (SSSR count). The molecular formula is C83H161NO5. The number of carbonyl (C=O) groups is 2. The lowest BCUT2D eigenvalue weighted by atomic mass is 10.0. The molecule has 528 valence electrons. The third-order valence-electron chi connectivity index (χ3n) is 19.5. The maximum Gasteiger partial charge on any atom is 0.305 e. The van der Waals surface area contributed by atoms with Gasteiger partial charge >= 0.3 is 5.97 Å². The Bertz CT molecular complexity index is 1400. The Morgan fingerprint density at radius 2 is 0.528 bits per heavy atom. The van der Waals surface area contributed by atoms with Crippen molar-refractivity contribution in [1.29, 1.82) is 0 Å². The molecule has 89 heavy (non-hydrogen) atoms. The lowest BCUT2D eigenvalue weighted by molar-refractivity contribution is -0.143. The summed E-state index contributed by atoms with van der Waals surface area (Å²) in [5, 5.41) is 23.2. The molecule has 2 atom stereocenters. The van der Waals surface area contributed by atoms with Gasteiger partial charge in [0.25, 0.3) is 0 Å². The van der Waals surface area contributed by atoms with Crippen LogP contribution in [0.25, 0.3) is 0 Å². The van der Waals surface area contributed by atoms with Crippen molar-refractivity contribution in [3.63, 3.8) is 0 Å². The minimum atomic E-state index is -0.841. The quantitative estimate of drug-likeness (QED) is 0.0320. The topological polar surface area (TPSA) is 95.9 Å². The van der Waals surface area contributed by atoms with Crippen LogP contribution in [0.2, 0.25) is 0 Å². The van der Waals surface area contributed by atoms with E-state index in [0.29, 0.717) is 19.4 Å². The number of unbranched alkanes of at least 4 members (excludes halogenated alkanes) is 65. The van der Waals surface area contributed by atoms with Gasteiger partial charge in [0.05, 0.1) is 25.4 Å². The highest BCUT2D eigenvalue weighted by atomic mass is 16.5. The number of amides is 1. The van der Waals surface area contributed by atoms with Gasteiger partial charge in [0.2, 0.25) is 5.91 Å². The van der Waals surface area contributed by atoms with Crippen LogP contribution in [-0.4, -0.2) is 47.4 Å². The average molecular weight is 1250 g/mol. The number of carbonyl (C=O) groups excluding carboxylic acids is 2. The van der Waals surface area contributed by atoms with Crippen LogP contribution in [0.1, 0.15) is 470 Å². The van der Waals surface area contributed by atoms with Crippen LogP contribution in [0.5, 0.6) is 0 Å². The lowest BCUT2D eigenvalue weighted by Gasteiger charge is -2.20. The van der Waals surface area contributed by atoms with Crippen molar-refractivity contribution in [3.8, 4) is 0 Å². The van der Waals surface area contributed by atoms with E-state index in [4.69, 9.17) is 4.74 Å². The Labute approximate surface area is 558 Å². The third-order valence-corrected chi connectivity index (χ3v) is 19.5. The second kappa shape index (κ2) is 78.8. The van der Waals surface area contributed by atoms with E-state index in [9.17, 15) is 19.8 Å². The van der Waals surface area contributed by atoms with Crippen LogP contribution < -0.4 is 5.32 Å². The van der Waals surface area contributed by atoms with Gasteiger partial charge in [0, 0.05) is 12.8 Å². The first kappa shape index (κ1) is 87.3. The second-order valence-electron chi connectivity index (χ2n) is 28.5. The van der Waals surface area contributed by atoms with Gasteiger partial charge < -0.3 is 20.3 Å². The van der Waals surface area contributed by atoms with Crippen LogP contribution in [-0.2, 0) is 14.3 Å². The zero-order chi connectivity index (χ0) is 64.2. The first-order valence-corrected chi connectivity index (χ1v) is 41.1. The summed E-state index contributed by atoms with van der Waals surface area (Å²) >= 11 is 0. The molecule has 0 bridgehead atoms. The van der Waals surface area contributed by atoms with E-state index < -0.39 is 12.1 Å². The van der Waals surface area contributed by atoms with Crippen LogP contribution >= 0.6 is 0 Å². The first-order chi connectivity index (χ1) is 44.0. The molecule has 6 nitrogen and oxygen atoms in total. The molecule has 0 aromatic carbocycles.